The van der Waals surface area contributed by atoms with E-state index < -0.39 is 0 Å². The SMILES string of the molecule is COc1ccccc1CN1C[C@H]2[C@@H](CNC(=O)c3ccsc3)CO[C@H]2C1. The summed E-state index contributed by atoms with van der Waals surface area (Å²) >= 11 is 1.54. The quantitative estimate of drug-likeness (QED) is 0.847. The molecule has 1 aromatic carbocycles. The molecule has 1 amide bonds. The summed E-state index contributed by atoms with van der Waals surface area (Å²) in [6.07, 6.45) is 0.271. The lowest BCUT2D eigenvalue weighted by molar-refractivity contribution is 0.0903. The number of hydrogen-bond donors (Lipinski definition) is 1. The second kappa shape index (κ2) is 7.78. The van der Waals surface area contributed by atoms with E-state index in [1.165, 1.54) is 5.56 Å². The van der Waals surface area contributed by atoms with Gasteiger partial charge in [0, 0.05) is 54.5 Å². The van der Waals surface area contributed by atoms with Gasteiger partial charge in [0.1, 0.15) is 5.75 Å². The fourth-order valence-electron chi connectivity index (χ4n) is 4.01. The number of ether oxygens (including phenoxy) is 2. The van der Waals surface area contributed by atoms with Gasteiger partial charge < -0.3 is 14.8 Å². The van der Waals surface area contributed by atoms with Gasteiger partial charge in [0.25, 0.3) is 5.91 Å². The molecule has 0 saturated carbocycles. The van der Waals surface area contributed by atoms with Gasteiger partial charge in [-0.2, -0.15) is 11.3 Å². The molecule has 2 fully saturated rings. The van der Waals surface area contributed by atoms with Crippen LogP contribution in [0.4, 0.5) is 0 Å². The summed E-state index contributed by atoms with van der Waals surface area (Å²) in [5.41, 5.74) is 1.95. The number of carbonyl (C=O) groups excluding carboxylic acids is 1. The number of rotatable bonds is 6. The molecule has 2 aliphatic rings. The molecule has 4 rings (SSSR count). The summed E-state index contributed by atoms with van der Waals surface area (Å²) in [6.45, 7) is 4.23. The van der Waals surface area contributed by atoms with Crippen molar-refractivity contribution in [2.45, 2.75) is 12.6 Å². The number of carbonyl (C=O) groups is 1. The molecule has 0 unspecified atom stereocenters. The van der Waals surface area contributed by atoms with Crippen LogP contribution in [0.2, 0.25) is 0 Å². The minimum Gasteiger partial charge on any atom is -0.496 e. The molecule has 5 nitrogen and oxygen atoms in total. The zero-order chi connectivity index (χ0) is 17.9. The van der Waals surface area contributed by atoms with Gasteiger partial charge in [0.15, 0.2) is 0 Å². The first-order valence-electron chi connectivity index (χ1n) is 9.01. The Morgan fingerprint density at radius 2 is 2.23 bits per heavy atom. The van der Waals surface area contributed by atoms with E-state index in [1.807, 2.05) is 35.0 Å². The fraction of sp³-hybridized carbons (Fsp3) is 0.450. The van der Waals surface area contributed by atoms with Crippen LogP contribution in [0.1, 0.15) is 15.9 Å². The van der Waals surface area contributed by atoms with Crippen molar-refractivity contribution in [3.8, 4) is 5.75 Å². The van der Waals surface area contributed by atoms with Crippen LogP contribution in [0.25, 0.3) is 0 Å². The maximum Gasteiger partial charge on any atom is 0.252 e. The van der Waals surface area contributed by atoms with Gasteiger partial charge in [-0.25, -0.2) is 0 Å². The third-order valence-corrected chi connectivity index (χ3v) is 6.09. The van der Waals surface area contributed by atoms with Gasteiger partial charge in [-0.15, -0.1) is 0 Å². The van der Waals surface area contributed by atoms with Gasteiger partial charge in [-0.1, -0.05) is 18.2 Å². The van der Waals surface area contributed by atoms with Crippen molar-refractivity contribution >= 4 is 17.2 Å². The van der Waals surface area contributed by atoms with Crippen LogP contribution in [-0.2, 0) is 11.3 Å². The number of thiophene rings is 1. The molecule has 2 aliphatic heterocycles. The third-order valence-electron chi connectivity index (χ3n) is 5.41. The molecule has 1 aromatic heterocycles. The number of para-hydroxylation sites is 1. The molecule has 0 radical (unpaired) electrons. The number of amides is 1. The van der Waals surface area contributed by atoms with Gasteiger partial charge in [0.05, 0.1) is 19.8 Å². The number of benzene rings is 1. The molecule has 1 N–H and O–H groups in total. The van der Waals surface area contributed by atoms with Crippen molar-refractivity contribution in [2.24, 2.45) is 11.8 Å². The van der Waals surface area contributed by atoms with E-state index in [9.17, 15) is 4.79 Å². The average molecular weight is 372 g/mol. The van der Waals surface area contributed by atoms with Crippen molar-refractivity contribution in [3.05, 3.63) is 52.2 Å². The molecule has 2 saturated heterocycles. The molecule has 3 atom stereocenters. The first kappa shape index (κ1) is 17.5. The highest BCUT2D eigenvalue weighted by Gasteiger charge is 2.43. The summed E-state index contributed by atoms with van der Waals surface area (Å²) in [6, 6.07) is 10.0. The predicted octanol–water partition coefficient (Wildman–Crippen LogP) is 2.63. The summed E-state index contributed by atoms with van der Waals surface area (Å²) in [5, 5.41) is 6.88. The molecule has 138 valence electrons. The standard InChI is InChI=1S/C20H24N2O3S/c1-24-18-5-3-2-4-14(18)9-22-10-17-16(12-25-19(17)11-22)8-21-20(23)15-6-7-26-13-15/h2-7,13,16-17,19H,8-12H2,1H3,(H,21,23)/t16-,17-,19-/m0/s1. The van der Waals surface area contributed by atoms with E-state index >= 15 is 0 Å². The van der Waals surface area contributed by atoms with Crippen LogP contribution in [-0.4, -0.2) is 50.3 Å². The van der Waals surface area contributed by atoms with Crippen molar-refractivity contribution in [2.75, 3.05) is 33.4 Å². The number of methoxy groups -OCH3 is 1. The molecule has 26 heavy (non-hydrogen) atoms. The Labute approximate surface area is 157 Å². The van der Waals surface area contributed by atoms with Crippen LogP contribution < -0.4 is 10.1 Å². The van der Waals surface area contributed by atoms with Gasteiger partial charge in [0.2, 0.25) is 0 Å². The lowest BCUT2D eigenvalue weighted by Crippen LogP contribution is -2.34. The van der Waals surface area contributed by atoms with Crippen LogP contribution in [0.3, 0.4) is 0 Å². The second-order valence-electron chi connectivity index (χ2n) is 7.02. The van der Waals surface area contributed by atoms with Gasteiger partial charge >= 0.3 is 0 Å². The zero-order valence-corrected chi connectivity index (χ0v) is 15.7. The van der Waals surface area contributed by atoms with Crippen LogP contribution in [0.15, 0.2) is 41.1 Å². The zero-order valence-electron chi connectivity index (χ0n) is 14.9. The van der Waals surface area contributed by atoms with Gasteiger partial charge in [-0.05, 0) is 17.5 Å². The average Bonchev–Trinajstić information content (AvgIpc) is 3.38. The van der Waals surface area contributed by atoms with Crippen LogP contribution in [0, 0.1) is 11.8 Å². The summed E-state index contributed by atoms with van der Waals surface area (Å²) < 4.78 is 11.5. The number of nitrogens with zero attached hydrogens (tertiary/aromatic N) is 1. The smallest absolute Gasteiger partial charge is 0.252 e. The number of likely N-dealkylation sites (tertiary alicyclic amines) is 1. The Morgan fingerprint density at radius 1 is 1.35 bits per heavy atom. The lowest BCUT2D eigenvalue weighted by Gasteiger charge is -2.20. The minimum atomic E-state index is 0.0126. The lowest BCUT2D eigenvalue weighted by atomic mass is 9.93. The topological polar surface area (TPSA) is 50.8 Å². The summed E-state index contributed by atoms with van der Waals surface area (Å²) in [5.74, 6) is 1.81. The molecule has 0 spiro atoms. The molecular formula is C20H24N2O3S. The van der Waals surface area contributed by atoms with E-state index in [4.69, 9.17) is 9.47 Å². The maximum atomic E-state index is 12.2. The van der Waals surface area contributed by atoms with Crippen LogP contribution in [0.5, 0.6) is 5.75 Å². The van der Waals surface area contributed by atoms with Crippen LogP contribution >= 0.6 is 11.3 Å². The molecule has 0 bridgehead atoms. The minimum absolute atomic E-state index is 0.0126. The van der Waals surface area contributed by atoms with E-state index in [1.54, 1.807) is 18.4 Å². The Bertz CT molecular complexity index is 749. The highest BCUT2D eigenvalue weighted by Crippen LogP contribution is 2.34. The Kier molecular flexibility index (Phi) is 5.24. The van der Waals surface area contributed by atoms with Crippen molar-refractivity contribution in [1.29, 1.82) is 0 Å². The largest absolute Gasteiger partial charge is 0.496 e. The Balaban J connectivity index is 1.33. The predicted molar refractivity (Wildman–Crippen MR) is 102 cm³/mol. The van der Waals surface area contributed by atoms with Crippen molar-refractivity contribution < 1.29 is 14.3 Å². The number of fused-ring (bicyclic) bond motifs is 1. The van der Waals surface area contributed by atoms with E-state index in [0.717, 1.165) is 37.6 Å². The third kappa shape index (κ3) is 3.63. The maximum absolute atomic E-state index is 12.2. The Hall–Kier alpha value is -1.89. The van der Waals surface area contributed by atoms with E-state index in [2.05, 4.69) is 16.3 Å². The van der Waals surface area contributed by atoms with Crippen molar-refractivity contribution in [3.63, 3.8) is 0 Å². The number of nitrogens with one attached hydrogen (secondary N) is 1. The number of hydrogen-bond acceptors (Lipinski definition) is 5. The summed E-state index contributed by atoms with van der Waals surface area (Å²) in [4.78, 5) is 14.6. The highest BCUT2D eigenvalue weighted by atomic mass is 32.1. The summed E-state index contributed by atoms with van der Waals surface area (Å²) in [7, 11) is 1.72. The molecule has 3 heterocycles. The fourth-order valence-corrected chi connectivity index (χ4v) is 4.65. The molecular weight excluding hydrogens is 348 g/mol. The molecule has 2 aromatic rings. The monoisotopic (exact) mass is 372 g/mol. The van der Waals surface area contributed by atoms with E-state index in [-0.39, 0.29) is 12.0 Å². The molecule has 6 heteroatoms. The normalized spacial score (nSPS) is 25.2. The Morgan fingerprint density at radius 3 is 3.04 bits per heavy atom. The first-order chi connectivity index (χ1) is 12.7. The second-order valence-corrected chi connectivity index (χ2v) is 7.80. The first-order valence-corrected chi connectivity index (χ1v) is 9.95. The molecule has 0 aliphatic carbocycles. The highest BCUT2D eigenvalue weighted by molar-refractivity contribution is 7.08. The van der Waals surface area contributed by atoms with Crippen molar-refractivity contribution in [1.82, 2.24) is 10.2 Å². The van der Waals surface area contributed by atoms with E-state index in [0.29, 0.717) is 18.4 Å². The van der Waals surface area contributed by atoms with Gasteiger partial charge in [-0.3, -0.25) is 9.69 Å².